The Labute approximate surface area is 122 Å². The molecule has 2 aromatic rings. The summed E-state index contributed by atoms with van der Waals surface area (Å²) in [5.74, 6) is 0.814. The second-order valence-electron chi connectivity index (χ2n) is 4.34. The molecule has 0 atom stereocenters. The molecule has 0 N–H and O–H groups in total. The lowest BCUT2D eigenvalue weighted by molar-refractivity contribution is 0.101. The lowest BCUT2D eigenvalue weighted by atomic mass is 10.2. The topological polar surface area (TPSA) is 34.9 Å². The molecule has 0 unspecified atom stereocenters. The lowest BCUT2D eigenvalue weighted by Crippen LogP contribution is -1.97. The van der Waals surface area contributed by atoms with Crippen LogP contribution in [-0.2, 0) is 12.8 Å². The number of hydrogen-bond acceptors (Lipinski definition) is 3. The highest BCUT2D eigenvalue weighted by molar-refractivity contribution is 7.98. The van der Waals surface area contributed by atoms with E-state index in [4.69, 9.17) is 11.6 Å². The highest BCUT2D eigenvalue weighted by Gasteiger charge is 2.11. The van der Waals surface area contributed by atoms with Gasteiger partial charge in [-0.1, -0.05) is 23.7 Å². The van der Waals surface area contributed by atoms with Gasteiger partial charge in [0.05, 0.1) is 16.4 Å². The molecule has 0 aliphatic heterocycles. The molecule has 19 heavy (non-hydrogen) atoms. The van der Waals surface area contributed by atoms with E-state index in [1.54, 1.807) is 23.4 Å². The zero-order valence-electron chi connectivity index (χ0n) is 11.1. The molecule has 1 heterocycles. The van der Waals surface area contributed by atoms with E-state index in [9.17, 15) is 4.79 Å². The van der Waals surface area contributed by atoms with Gasteiger partial charge in [-0.25, -0.2) is 0 Å². The number of carbonyl (C=O) groups is 1. The van der Waals surface area contributed by atoms with E-state index >= 15 is 0 Å². The van der Waals surface area contributed by atoms with Crippen LogP contribution in [0.5, 0.6) is 0 Å². The van der Waals surface area contributed by atoms with E-state index in [1.807, 2.05) is 38.2 Å². The summed E-state index contributed by atoms with van der Waals surface area (Å²) in [6.07, 6.45) is 0. The summed E-state index contributed by atoms with van der Waals surface area (Å²) >= 11 is 7.86. The van der Waals surface area contributed by atoms with Crippen LogP contribution in [0.1, 0.15) is 28.7 Å². The second kappa shape index (κ2) is 5.80. The molecule has 5 heteroatoms. The van der Waals surface area contributed by atoms with Gasteiger partial charge in [0, 0.05) is 23.3 Å². The minimum atomic E-state index is 0.0804. The Kier molecular flexibility index (Phi) is 4.32. The molecule has 3 nitrogen and oxygen atoms in total. The maximum Gasteiger partial charge on any atom is 0.159 e. The predicted octanol–water partition coefficient (Wildman–Crippen LogP) is 3.88. The lowest BCUT2D eigenvalue weighted by Gasteiger charge is -2.04. The number of benzene rings is 1. The summed E-state index contributed by atoms with van der Waals surface area (Å²) in [6, 6.07) is 7.63. The molecule has 0 saturated heterocycles. The van der Waals surface area contributed by atoms with E-state index in [2.05, 4.69) is 5.10 Å². The van der Waals surface area contributed by atoms with Gasteiger partial charge >= 0.3 is 0 Å². The third-order valence-corrected chi connectivity index (χ3v) is 4.37. The maximum absolute atomic E-state index is 11.3. The van der Waals surface area contributed by atoms with Crippen LogP contribution in [0.3, 0.4) is 0 Å². The molecule has 0 aliphatic rings. The molecule has 1 aromatic carbocycles. The molecule has 0 aliphatic carbocycles. The molecule has 0 saturated carbocycles. The van der Waals surface area contributed by atoms with Gasteiger partial charge in [0.2, 0.25) is 0 Å². The number of thioether (sulfide) groups is 1. The summed E-state index contributed by atoms with van der Waals surface area (Å²) in [5.41, 5.74) is 2.58. The SMILES string of the molecule is CC(=O)c1cccc(SCc2c(Cl)c(C)nn2C)c1. The molecule has 1 aromatic heterocycles. The number of hydrogen-bond donors (Lipinski definition) is 0. The molecule has 0 fully saturated rings. The predicted molar refractivity (Wildman–Crippen MR) is 79.0 cm³/mol. The van der Waals surface area contributed by atoms with Crippen molar-refractivity contribution in [2.75, 3.05) is 0 Å². The summed E-state index contributed by atoms with van der Waals surface area (Å²) in [6.45, 7) is 3.47. The normalized spacial score (nSPS) is 10.7. The van der Waals surface area contributed by atoms with Gasteiger partial charge < -0.3 is 0 Å². The molecule has 0 amide bonds. The first-order valence-electron chi connectivity index (χ1n) is 5.91. The molecule has 0 radical (unpaired) electrons. The molecule has 100 valence electrons. The van der Waals surface area contributed by atoms with Crippen molar-refractivity contribution in [1.29, 1.82) is 0 Å². The number of aromatic nitrogens is 2. The largest absolute Gasteiger partial charge is 0.295 e. The Morgan fingerprint density at radius 1 is 1.47 bits per heavy atom. The monoisotopic (exact) mass is 294 g/mol. The fourth-order valence-corrected chi connectivity index (χ4v) is 3.12. The molecular formula is C14H15ClN2OS. The smallest absolute Gasteiger partial charge is 0.159 e. The Bertz CT molecular complexity index is 622. The molecule has 2 rings (SSSR count). The Balaban J connectivity index is 2.14. The van der Waals surface area contributed by atoms with Crippen molar-refractivity contribution in [1.82, 2.24) is 9.78 Å². The van der Waals surface area contributed by atoms with Crippen molar-refractivity contribution in [2.24, 2.45) is 7.05 Å². The van der Waals surface area contributed by atoms with Crippen LogP contribution in [0, 0.1) is 6.92 Å². The average Bonchev–Trinajstić information content (AvgIpc) is 2.61. The third-order valence-electron chi connectivity index (χ3n) is 2.88. The minimum Gasteiger partial charge on any atom is -0.295 e. The van der Waals surface area contributed by atoms with Gasteiger partial charge in [-0.05, 0) is 26.0 Å². The van der Waals surface area contributed by atoms with Crippen LogP contribution in [0.25, 0.3) is 0 Å². The van der Waals surface area contributed by atoms with Crippen molar-refractivity contribution in [3.63, 3.8) is 0 Å². The Morgan fingerprint density at radius 2 is 2.21 bits per heavy atom. The van der Waals surface area contributed by atoms with Crippen LogP contribution in [0.15, 0.2) is 29.2 Å². The van der Waals surface area contributed by atoms with Crippen LogP contribution >= 0.6 is 23.4 Å². The molecule has 0 spiro atoms. The number of Topliss-reactive ketones (excluding diaryl/α,β-unsaturated/α-hetero) is 1. The van der Waals surface area contributed by atoms with E-state index in [1.165, 1.54) is 0 Å². The van der Waals surface area contributed by atoms with Gasteiger partial charge in [-0.15, -0.1) is 11.8 Å². The number of carbonyl (C=O) groups excluding carboxylic acids is 1. The number of nitrogens with zero attached hydrogens (tertiary/aromatic N) is 2. The van der Waals surface area contributed by atoms with Crippen LogP contribution in [0.2, 0.25) is 5.02 Å². The van der Waals surface area contributed by atoms with Crippen molar-refractivity contribution in [3.8, 4) is 0 Å². The first-order valence-corrected chi connectivity index (χ1v) is 7.27. The molecule has 0 bridgehead atoms. The standard InChI is InChI=1S/C14H15ClN2OS/c1-9-14(15)13(17(3)16-9)8-19-12-6-4-5-11(7-12)10(2)18/h4-7H,8H2,1-3H3. The number of aryl methyl sites for hydroxylation is 2. The highest BCUT2D eigenvalue weighted by Crippen LogP contribution is 2.28. The quantitative estimate of drug-likeness (QED) is 0.634. The van der Waals surface area contributed by atoms with Crippen molar-refractivity contribution in [2.45, 2.75) is 24.5 Å². The van der Waals surface area contributed by atoms with Crippen LogP contribution in [-0.4, -0.2) is 15.6 Å². The van der Waals surface area contributed by atoms with Gasteiger partial charge in [0.25, 0.3) is 0 Å². The van der Waals surface area contributed by atoms with Crippen molar-refractivity contribution < 1.29 is 4.79 Å². The fraction of sp³-hybridized carbons (Fsp3) is 0.286. The minimum absolute atomic E-state index is 0.0804. The number of ketones is 1. The first-order chi connectivity index (χ1) is 8.99. The Hall–Kier alpha value is -1.26. The van der Waals surface area contributed by atoms with Gasteiger partial charge in [0.1, 0.15) is 0 Å². The molecular weight excluding hydrogens is 280 g/mol. The Morgan fingerprint density at radius 3 is 2.79 bits per heavy atom. The van der Waals surface area contributed by atoms with E-state index in [0.717, 1.165) is 32.6 Å². The summed E-state index contributed by atoms with van der Waals surface area (Å²) < 4.78 is 1.81. The fourth-order valence-electron chi connectivity index (χ4n) is 1.79. The average molecular weight is 295 g/mol. The van der Waals surface area contributed by atoms with E-state index in [0.29, 0.717) is 0 Å². The van der Waals surface area contributed by atoms with Gasteiger partial charge in [0.15, 0.2) is 5.78 Å². The van der Waals surface area contributed by atoms with Crippen molar-refractivity contribution >= 4 is 29.1 Å². The summed E-state index contributed by atoms with van der Waals surface area (Å²) in [4.78, 5) is 12.4. The third kappa shape index (κ3) is 3.19. The summed E-state index contributed by atoms with van der Waals surface area (Å²) in [7, 11) is 1.89. The van der Waals surface area contributed by atoms with Gasteiger partial charge in [-0.2, -0.15) is 5.10 Å². The summed E-state index contributed by atoms with van der Waals surface area (Å²) in [5, 5.41) is 5.01. The maximum atomic E-state index is 11.3. The first kappa shape index (κ1) is 14.2. The van der Waals surface area contributed by atoms with Crippen LogP contribution < -0.4 is 0 Å². The van der Waals surface area contributed by atoms with E-state index < -0.39 is 0 Å². The van der Waals surface area contributed by atoms with Gasteiger partial charge in [-0.3, -0.25) is 9.48 Å². The zero-order valence-corrected chi connectivity index (χ0v) is 12.7. The number of halogens is 1. The second-order valence-corrected chi connectivity index (χ2v) is 5.77. The van der Waals surface area contributed by atoms with Crippen molar-refractivity contribution in [3.05, 3.63) is 46.2 Å². The highest BCUT2D eigenvalue weighted by atomic mass is 35.5. The zero-order chi connectivity index (χ0) is 14.0. The number of rotatable bonds is 4. The van der Waals surface area contributed by atoms with Crippen LogP contribution in [0.4, 0.5) is 0 Å². The van der Waals surface area contributed by atoms with E-state index in [-0.39, 0.29) is 5.78 Å².